The summed E-state index contributed by atoms with van der Waals surface area (Å²) in [6, 6.07) is 1.48. The summed E-state index contributed by atoms with van der Waals surface area (Å²) in [5, 5.41) is 3.37. The van der Waals surface area contributed by atoms with Crippen molar-refractivity contribution in [1.82, 2.24) is 5.32 Å². The van der Waals surface area contributed by atoms with Crippen LogP contribution in [-0.4, -0.2) is 20.8 Å². The minimum atomic E-state index is -0.651. The molecule has 7 heavy (non-hydrogen) atoms. The van der Waals surface area contributed by atoms with Crippen LogP contribution in [0, 0.1) is 0 Å². The molecule has 42 valence electrons. The van der Waals surface area contributed by atoms with Gasteiger partial charge in [-0.25, -0.2) is 0 Å². The van der Waals surface area contributed by atoms with E-state index in [0.717, 1.165) is 0 Å². The lowest BCUT2D eigenvalue weighted by Gasteiger charge is -2.09. The molecule has 0 bridgehead atoms. The first-order chi connectivity index (χ1) is 3.21. The Morgan fingerprint density at radius 2 is 2.14 bits per heavy atom. The second-order valence-electron chi connectivity index (χ2n) is 3.09. The van der Waals surface area contributed by atoms with E-state index in [0.29, 0.717) is 0 Å². The molecule has 0 aromatic rings. The molecule has 1 aliphatic heterocycles. The average molecular weight is 115 g/mol. The van der Waals surface area contributed by atoms with Gasteiger partial charge in [0, 0.05) is 0 Å². The fraction of sp³-hybridized carbons (Fsp3) is 1.00. The predicted octanol–water partition coefficient (Wildman–Crippen LogP) is 0.837. The smallest absolute Gasteiger partial charge is 0.0638 e. The van der Waals surface area contributed by atoms with Gasteiger partial charge in [-0.1, -0.05) is 13.1 Å². The first-order valence-corrected chi connectivity index (χ1v) is 6.33. The number of rotatable bonds is 0. The summed E-state index contributed by atoms with van der Waals surface area (Å²) in [6.45, 7) is 6.15. The van der Waals surface area contributed by atoms with Crippen LogP contribution in [0.5, 0.6) is 0 Å². The zero-order chi connectivity index (χ0) is 5.33. The topological polar surface area (TPSA) is 12.0 Å². The highest BCUT2D eigenvalue weighted by molar-refractivity contribution is 6.78. The van der Waals surface area contributed by atoms with Gasteiger partial charge >= 0.3 is 0 Å². The maximum Gasteiger partial charge on any atom is 0.0638 e. The van der Waals surface area contributed by atoms with E-state index in [2.05, 4.69) is 18.4 Å². The van der Waals surface area contributed by atoms with E-state index in [4.69, 9.17) is 0 Å². The van der Waals surface area contributed by atoms with E-state index in [1.54, 1.807) is 0 Å². The van der Waals surface area contributed by atoms with E-state index in [1.807, 2.05) is 0 Å². The van der Waals surface area contributed by atoms with E-state index in [-0.39, 0.29) is 0 Å². The SMILES string of the molecule is C[Si]1(C)CCNC1. The molecule has 1 rings (SSSR count). The van der Waals surface area contributed by atoms with Crippen LogP contribution in [0.2, 0.25) is 19.1 Å². The van der Waals surface area contributed by atoms with Gasteiger partial charge in [-0.05, 0) is 18.8 Å². The maximum atomic E-state index is 3.37. The van der Waals surface area contributed by atoms with Gasteiger partial charge in [-0.15, -0.1) is 0 Å². The molecule has 1 fully saturated rings. The average Bonchev–Trinajstić information content (AvgIpc) is 1.84. The molecule has 0 spiro atoms. The molecule has 0 atom stereocenters. The molecule has 0 aromatic heterocycles. The van der Waals surface area contributed by atoms with Crippen molar-refractivity contribution >= 4 is 8.07 Å². The molecule has 1 aliphatic rings. The van der Waals surface area contributed by atoms with Crippen LogP contribution < -0.4 is 5.32 Å². The van der Waals surface area contributed by atoms with Crippen molar-refractivity contribution in [2.75, 3.05) is 12.7 Å². The molecule has 1 heterocycles. The molecule has 1 nitrogen and oxygen atoms in total. The van der Waals surface area contributed by atoms with Gasteiger partial charge in [-0.2, -0.15) is 0 Å². The Morgan fingerprint density at radius 1 is 1.43 bits per heavy atom. The summed E-state index contributed by atoms with van der Waals surface area (Å²) in [6.07, 6.45) is 1.34. The summed E-state index contributed by atoms with van der Waals surface area (Å²) in [5.74, 6) is 0. The van der Waals surface area contributed by atoms with Crippen LogP contribution in [0.1, 0.15) is 0 Å². The lowest BCUT2D eigenvalue weighted by molar-refractivity contribution is 0.879. The molecule has 0 radical (unpaired) electrons. The third-order valence-electron chi connectivity index (χ3n) is 1.58. The molecule has 0 aromatic carbocycles. The fourth-order valence-corrected chi connectivity index (χ4v) is 2.83. The van der Waals surface area contributed by atoms with Crippen molar-refractivity contribution in [3.63, 3.8) is 0 Å². The first kappa shape index (κ1) is 5.32. The zero-order valence-electron chi connectivity index (χ0n) is 5.12. The highest BCUT2D eigenvalue weighted by Crippen LogP contribution is 2.10. The van der Waals surface area contributed by atoms with Gasteiger partial charge in [0.1, 0.15) is 0 Å². The molecule has 1 N–H and O–H groups in total. The summed E-state index contributed by atoms with van der Waals surface area (Å²) in [5.41, 5.74) is 0. The van der Waals surface area contributed by atoms with Crippen LogP contribution >= 0.6 is 0 Å². The van der Waals surface area contributed by atoms with Gasteiger partial charge in [0.15, 0.2) is 0 Å². The third kappa shape index (κ3) is 1.28. The van der Waals surface area contributed by atoms with Crippen molar-refractivity contribution in [1.29, 1.82) is 0 Å². The Balaban J connectivity index is 2.40. The predicted molar refractivity (Wildman–Crippen MR) is 35.2 cm³/mol. The fourth-order valence-electron chi connectivity index (χ4n) is 0.942. The number of hydrogen-bond donors (Lipinski definition) is 1. The van der Waals surface area contributed by atoms with E-state index in [1.165, 1.54) is 18.8 Å². The largest absolute Gasteiger partial charge is 0.320 e. The van der Waals surface area contributed by atoms with Gasteiger partial charge in [0.2, 0.25) is 0 Å². The second kappa shape index (κ2) is 1.60. The third-order valence-corrected chi connectivity index (χ3v) is 4.39. The Labute approximate surface area is 46.1 Å². The highest BCUT2D eigenvalue weighted by Gasteiger charge is 2.24. The zero-order valence-corrected chi connectivity index (χ0v) is 6.12. The van der Waals surface area contributed by atoms with Crippen LogP contribution in [0.3, 0.4) is 0 Å². The van der Waals surface area contributed by atoms with Crippen molar-refractivity contribution in [2.45, 2.75) is 19.1 Å². The summed E-state index contributed by atoms with van der Waals surface area (Å²) >= 11 is 0. The minimum Gasteiger partial charge on any atom is -0.320 e. The monoisotopic (exact) mass is 115 g/mol. The number of hydrogen-bond acceptors (Lipinski definition) is 1. The Hall–Kier alpha value is 0.177. The maximum absolute atomic E-state index is 3.37. The molecule has 2 heteroatoms. The van der Waals surface area contributed by atoms with Gasteiger partial charge in [0.05, 0.1) is 8.07 Å². The minimum absolute atomic E-state index is 0.651. The van der Waals surface area contributed by atoms with Crippen LogP contribution in [0.4, 0.5) is 0 Å². The second-order valence-corrected chi connectivity index (χ2v) is 8.27. The molecule has 0 saturated carbocycles. The van der Waals surface area contributed by atoms with Crippen molar-refractivity contribution in [2.24, 2.45) is 0 Å². The number of nitrogens with one attached hydrogen (secondary N) is 1. The van der Waals surface area contributed by atoms with E-state index < -0.39 is 8.07 Å². The van der Waals surface area contributed by atoms with Crippen LogP contribution in [0.25, 0.3) is 0 Å². The lowest BCUT2D eigenvalue weighted by Crippen LogP contribution is -2.28. The van der Waals surface area contributed by atoms with Crippen LogP contribution in [0.15, 0.2) is 0 Å². The Kier molecular flexibility index (Phi) is 1.21. The molecular formula is C5H13NSi. The van der Waals surface area contributed by atoms with Gasteiger partial charge in [-0.3, -0.25) is 0 Å². The molecule has 1 saturated heterocycles. The van der Waals surface area contributed by atoms with Crippen molar-refractivity contribution in [3.8, 4) is 0 Å². The summed E-state index contributed by atoms with van der Waals surface area (Å²) in [7, 11) is -0.651. The van der Waals surface area contributed by atoms with E-state index in [9.17, 15) is 0 Å². The van der Waals surface area contributed by atoms with E-state index >= 15 is 0 Å². The van der Waals surface area contributed by atoms with Gasteiger partial charge < -0.3 is 5.32 Å². The molecule has 0 amide bonds. The lowest BCUT2D eigenvalue weighted by atomic mass is 10.8. The Morgan fingerprint density at radius 3 is 2.29 bits per heavy atom. The first-order valence-electron chi connectivity index (χ1n) is 2.91. The Bertz CT molecular complexity index is 62.5. The van der Waals surface area contributed by atoms with Crippen molar-refractivity contribution < 1.29 is 0 Å². The van der Waals surface area contributed by atoms with Crippen LogP contribution in [-0.2, 0) is 0 Å². The summed E-state index contributed by atoms with van der Waals surface area (Å²) in [4.78, 5) is 0. The molecular weight excluding hydrogens is 102 g/mol. The highest BCUT2D eigenvalue weighted by atomic mass is 28.3. The molecule has 0 unspecified atom stereocenters. The molecule has 0 aliphatic carbocycles. The quantitative estimate of drug-likeness (QED) is 0.461. The summed E-state index contributed by atoms with van der Waals surface area (Å²) < 4.78 is 0. The standard InChI is InChI=1S/C5H13NSi/c1-7(2)4-3-6-5-7/h6H,3-5H2,1-2H3. The normalized spacial score (nSPS) is 28.3. The van der Waals surface area contributed by atoms with Gasteiger partial charge in [0.25, 0.3) is 0 Å². The van der Waals surface area contributed by atoms with Crippen molar-refractivity contribution in [3.05, 3.63) is 0 Å².